The number of rotatable bonds is 20. The van der Waals surface area contributed by atoms with Crippen molar-refractivity contribution in [2.45, 2.75) is 217 Å². The van der Waals surface area contributed by atoms with E-state index < -0.39 is 5.60 Å². The zero-order valence-electron chi connectivity index (χ0n) is 41.5. The lowest BCUT2D eigenvalue weighted by Gasteiger charge is -2.09. The Hall–Kier alpha value is -4.76. The van der Waals surface area contributed by atoms with Gasteiger partial charge in [-0.1, -0.05) is 223 Å². The Bertz CT molecular complexity index is 2080. The first-order valence-corrected chi connectivity index (χ1v) is 24.5. The molecule has 0 aliphatic carbocycles. The molecule has 1 nitrogen and oxygen atoms in total. The molecule has 0 saturated heterocycles. The van der Waals surface area contributed by atoms with E-state index in [4.69, 9.17) is 0 Å². The van der Waals surface area contributed by atoms with Crippen LogP contribution in [0.25, 0.3) is 0 Å². The second-order valence-corrected chi connectivity index (χ2v) is 16.7. The molecule has 0 fully saturated rings. The van der Waals surface area contributed by atoms with Gasteiger partial charge in [0.05, 0.1) is 0 Å². The summed E-state index contributed by atoms with van der Waals surface area (Å²) in [4.78, 5) is 0. The Morgan fingerprint density at radius 2 is 0.548 bits per heavy atom. The Labute approximate surface area is 383 Å². The monoisotopic (exact) mass is 831 g/mol. The van der Waals surface area contributed by atoms with Gasteiger partial charge in [0.15, 0.2) is 0 Å². The molecule has 1 heteroatoms. The summed E-state index contributed by atoms with van der Waals surface area (Å²) in [6.45, 7) is 25.7. The van der Waals surface area contributed by atoms with Crippen molar-refractivity contribution in [1.82, 2.24) is 0 Å². The molecule has 1 aromatic rings. The van der Waals surface area contributed by atoms with Gasteiger partial charge in [0, 0.05) is 61.3 Å². The molecule has 0 bridgehead atoms. The predicted molar refractivity (Wildman–Crippen MR) is 273 cm³/mol. The maximum Gasteiger partial charge on any atom is 0.120 e. The van der Waals surface area contributed by atoms with E-state index in [1.165, 1.54) is 22.3 Å². The third kappa shape index (κ3) is 22.9. The number of hydrogen-bond acceptors (Lipinski definition) is 1. The number of allylic oxidation sites excluding steroid dienone is 10. The van der Waals surface area contributed by atoms with Gasteiger partial charge >= 0.3 is 0 Å². The number of aliphatic hydroxyl groups is 1. The van der Waals surface area contributed by atoms with Gasteiger partial charge in [-0.3, -0.25) is 0 Å². The van der Waals surface area contributed by atoms with Crippen LogP contribution in [0.3, 0.4) is 0 Å². The van der Waals surface area contributed by atoms with Crippen molar-refractivity contribution in [2.75, 3.05) is 0 Å². The van der Waals surface area contributed by atoms with Gasteiger partial charge in [0.25, 0.3) is 0 Å². The molecule has 332 valence electrons. The number of benzene rings is 1. The average Bonchev–Trinajstić information content (AvgIpc) is 3.25. The third-order valence-electron chi connectivity index (χ3n) is 9.93. The molecule has 0 unspecified atom stereocenters. The smallest absolute Gasteiger partial charge is 0.120 e. The van der Waals surface area contributed by atoms with E-state index in [0.717, 1.165) is 167 Å². The van der Waals surface area contributed by atoms with Crippen molar-refractivity contribution in [3.05, 3.63) is 91.6 Å². The normalized spacial score (nSPS) is 12.8. The molecule has 0 amide bonds. The highest BCUT2D eigenvalue weighted by atomic mass is 16.3. The summed E-state index contributed by atoms with van der Waals surface area (Å²) in [5, 5.41) is 10.4. The summed E-state index contributed by atoms with van der Waals surface area (Å²) in [6, 6.07) is 10.3. The van der Waals surface area contributed by atoms with Gasteiger partial charge in [-0.05, 0) is 90.2 Å². The molecule has 62 heavy (non-hydrogen) atoms. The zero-order valence-corrected chi connectivity index (χ0v) is 41.5. The van der Waals surface area contributed by atoms with E-state index in [0.29, 0.717) is 0 Å². The van der Waals surface area contributed by atoms with Crippen LogP contribution < -0.4 is 0 Å². The second kappa shape index (κ2) is 33.8. The van der Waals surface area contributed by atoms with Crippen LogP contribution in [0.1, 0.15) is 217 Å². The second-order valence-electron chi connectivity index (χ2n) is 16.7. The Balaban J connectivity index is 4.16. The third-order valence-corrected chi connectivity index (χ3v) is 9.93. The van der Waals surface area contributed by atoms with Crippen LogP contribution in [0, 0.1) is 71.0 Å². The first-order valence-electron chi connectivity index (χ1n) is 24.5. The maximum absolute atomic E-state index is 10.4. The standard InChI is InChI=1S/C61H82O/c1-13-26-51(39-38-50-36-24-23-25-37-50)52(27-14-2)40-41-53(28-15-3)54(29-16-4)42-43-55(30-17-5)56(31-18-6)44-45-57(32-19-7)58(33-20-8)46-47-59(34-21-9)60(35-22-10)48-49-61(11,12)62/h23-25,36-37,62H,13-22,26-35H2,1-12H3/b52-51+,54-53+,56-55+,58-57+,60-59+. The van der Waals surface area contributed by atoms with E-state index in [-0.39, 0.29) is 0 Å². The predicted octanol–water partition coefficient (Wildman–Crippen LogP) is 16.3. The van der Waals surface area contributed by atoms with Gasteiger partial charge < -0.3 is 5.11 Å². The summed E-state index contributed by atoms with van der Waals surface area (Å²) < 4.78 is 0. The molecule has 0 aliphatic heterocycles. The highest BCUT2D eigenvalue weighted by Gasteiger charge is 2.10. The van der Waals surface area contributed by atoms with Crippen LogP contribution in [-0.2, 0) is 0 Å². The molecule has 1 N–H and O–H groups in total. The molecule has 0 heterocycles. The van der Waals surface area contributed by atoms with Gasteiger partial charge in [0.2, 0.25) is 0 Å². The van der Waals surface area contributed by atoms with Crippen molar-refractivity contribution in [3.8, 4) is 71.0 Å². The van der Waals surface area contributed by atoms with Crippen molar-refractivity contribution >= 4 is 0 Å². The van der Waals surface area contributed by atoms with E-state index >= 15 is 0 Å². The molecular formula is C61H82O. The molecule has 1 aromatic carbocycles. The van der Waals surface area contributed by atoms with Gasteiger partial charge in [-0.25, -0.2) is 0 Å². The lowest BCUT2D eigenvalue weighted by molar-refractivity contribution is 0.143. The topological polar surface area (TPSA) is 20.2 Å². The Kier molecular flexibility index (Phi) is 30.1. The minimum absolute atomic E-state index is 0.858. The molecular weight excluding hydrogens is 749 g/mol. The van der Waals surface area contributed by atoms with Crippen molar-refractivity contribution in [3.63, 3.8) is 0 Å². The maximum atomic E-state index is 10.4. The zero-order chi connectivity index (χ0) is 46.0. The highest BCUT2D eigenvalue weighted by Crippen LogP contribution is 2.23. The Morgan fingerprint density at radius 1 is 0.339 bits per heavy atom. The quantitative estimate of drug-likeness (QED) is 0.130. The van der Waals surface area contributed by atoms with Crippen LogP contribution in [-0.4, -0.2) is 10.7 Å². The van der Waals surface area contributed by atoms with Gasteiger partial charge in [0.1, 0.15) is 5.60 Å². The Morgan fingerprint density at radius 3 is 0.758 bits per heavy atom. The van der Waals surface area contributed by atoms with Crippen LogP contribution in [0.15, 0.2) is 86.1 Å². The summed E-state index contributed by atoms with van der Waals surface area (Å²) in [7, 11) is 0. The van der Waals surface area contributed by atoms with Crippen LogP contribution >= 0.6 is 0 Å². The largest absolute Gasteiger partial charge is 0.378 e. The molecule has 0 aromatic heterocycles. The van der Waals surface area contributed by atoms with Crippen LogP contribution in [0.5, 0.6) is 0 Å². The lowest BCUT2D eigenvalue weighted by Crippen LogP contribution is -2.14. The summed E-state index contributed by atoms with van der Waals surface area (Å²) in [5.74, 6) is 42.7. The van der Waals surface area contributed by atoms with Gasteiger partial charge in [-0.2, -0.15) is 0 Å². The van der Waals surface area contributed by atoms with Crippen molar-refractivity contribution in [1.29, 1.82) is 0 Å². The van der Waals surface area contributed by atoms with E-state index in [9.17, 15) is 5.11 Å². The minimum Gasteiger partial charge on any atom is -0.378 e. The minimum atomic E-state index is -1.04. The fraction of sp³-hybridized carbons (Fsp3) is 0.541. The van der Waals surface area contributed by atoms with Crippen LogP contribution in [0.2, 0.25) is 0 Å². The van der Waals surface area contributed by atoms with Crippen LogP contribution in [0.4, 0.5) is 0 Å². The molecule has 0 saturated carbocycles. The summed E-state index contributed by atoms with van der Waals surface area (Å²) >= 11 is 0. The summed E-state index contributed by atoms with van der Waals surface area (Å²) in [6.07, 6.45) is 19.1. The fourth-order valence-electron chi connectivity index (χ4n) is 6.89. The first kappa shape index (κ1) is 55.3. The van der Waals surface area contributed by atoms with E-state index in [2.05, 4.69) is 152 Å². The van der Waals surface area contributed by atoms with Crippen molar-refractivity contribution < 1.29 is 5.11 Å². The molecule has 1 rings (SSSR count). The SMILES string of the molecule is CCC/C(C#C/C(CCC)=C(/C#C/C(CCC)=C(/C#Cc1ccccc1)CCC)CCC)=C(\C#C/C(CCC)=C(/C#C/C(CCC)=C(/C#CC(C)(C)O)CCC)CCC)CCC. The number of hydrogen-bond donors (Lipinski definition) is 1. The van der Waals surface area contributed by atoms with E-state index in [1.807, 2.05) is 18.2 Å². The summed E-state index contributed by atoms with van der Waals surface area (Å²) in [5.41, 5.74) is 11.4. The van der Waals surface area contributed by atoms with E-state index in [1.54, 1.807) is 13.8 Å². The molecule has 0 radical (unpaired) electrons. The first-order chi connectivity index (χ1) is 30.0. The molecule has 0 aliphatic rings. The average molecular weight is 831 g/mol. The van der Waals surface area contributed by atoms with Crippen molar-refractivity contribution in [2.24, 2.45) is 0 Å². The lowest BCUT2D eigenvalue weighted by atomic mass is 9.95. The highest BCUT2D eigenvalue weighted by molar-refractivity contribution is 5.55. The fourth-order valence-corrected chi connectivity index (χ4v) is 6.89. The molecule has 0 spiro atoms. The molecule has 0 atom stereocenters. The van der Waals surface area contributed by atoms with Gasteiger partial charge in [-0.15, -0.1) is 0 Å².